The largest absolute Gasteiger partial charge is 0.507 e. The van der Waals surface area contributed by atoms with E-state index in [2.05, 4.69) is 36.9 Å². The van der Waals surface area contributed by atoms with Crippen LogP contribution in [0.5, 0.6) is 5.75 Å². The van der Waals surface area contributed by atoms with Crippen LogP contribution in [0.3, 0.4) is 0 Å². The third-order valence-corrected chi connectivity index (χ3v) is 6.53. The molecule has 1 amide bonds. The summed E-state index contributed by atoms with van der Waals surface area (Å²) in [6, 6.07) is 2.91. The minimum Gasteiger partial charge on any atom is -0.507 e. The lowest BCUT2D eigenvalue weighted by atomic mass is 9.97. The molecule has 4 aromatic rings. The minimum atomic E-state index is -4.84. The van der Waals surface area contributed by atoms with Gasteiger partial charge in [0.2, 0.25) is 0 Å². The number of aromatic nitrogens is 5. The number of phenols is 1. The van der Waals surface area contributed by atoms with Crippen LogP contribution in [-0.2, 0) is 6.18 Å². The topological polar surface area (TPSA) is 152 Å². The van der Waals surface area contributed by atoms with E-state index in [0.717, 1.165) is 12.3 Å². The van der Waals surface area contributed by atoms with Crippen LogP contribution in [0.4, 0.5) is 24.5 Å². The van der Waals surface area contributed by atoms with E-state index in [9.17, 15) is 27.9 Å². The van der Waals surface area contributed by atoms with Crippen LogP contribution in [0.15, 0.2) is 47.8 Å². The van der Waals surface area contributed by atoms with Crippen molar-refractivity contribution in [2.75, 3.05) is 11.1 Å². The van der Waals surface area contributed by atoms with E-state index in [-0.39, 0.29) is 33.1 Å². The van der Waals surface area contributed by atoms with E-state index in [1.54, 1.807) is 0 Å². The minimum absolute atomic E-state index is 0.0436. The summed E-state index contributed by atoms with van der Waals surface area (Å²) < 4.78 is 41.1. The van der Waals surface area contributed by atoms with Gasteiger partial charge in [0.15, 0.2) is 5.82 Å². The Morgan fingerprint density at radius 3 is 2.50 bits per heavy atom. The molecule has 15 heteroatoms. The number of carbonyl (C=O) groups excluding carboxylic acids is 1. The molecule has 0 fully saturated rings. The summed E-state index contributed by atoms with van der Waals surface area (Å²) in [5, 5.41) is 20.3. The molecular weight excluding hydrogens is 567 g/mol. The number of anilines is 2. The lowest BCUT2D eigenvalue weighted by Gasteiger charge is -2.15. The number of nitrogen functional groups attached to an aromatic ring is 1. The molecule has 40 heavy (non-hydrogen) atoms. The standard InChI is InChI=1S/C25H21ClF3N7O3Si/c1-40(2,3)7-4-13-11-32-24(39)21(30)20(13)16-9-18(26)15(10-19(16)37)23(38)35-14-8-17(25(27,28)29)22(31-12-14)36-33-5-6-34-36/h5-6,8-12,37H,30H2,1-3H3,(H,32,39)(H,35,38). The zero-order valence-corrected chi connectivity index (χ0v) is 22.9. The van der Waals surface area contributed by atoms with Gasteiger partial charge in [-0.2, -0.15) is 23.4 Å². The number of halogens is 4. The molecule has 10 nitrogen and oxygen atoms in total. The van der Waals surface area contributed by atoms with Crippen LogP contribution in [0.2, 0.25) is 24.7 Å². The van der Waals surface area contributed by atoms with Gasteiger partial charge in [-0.05, 0) is 18.2 Å². The normalized spacial score (nSPS) is 11.6. The average molecular weight is 588 g/mol. The van der Waals surface area contributed by atoms with E-state index in [1.165, 1.54) is 24.7 Å². The number of amides is 1. The molecule has 0 radical (unpaired) electrons. The Morgan fingerprint density at radius 2 is 1.88 bits per heavy atom. The number of rotatable bonds is 4. The van der Waals surface area contributed by atoms with Gasteiger partial charge < -0.3 is 21.1 Å². The van der Waals surface area contributed by atoms with Crippen molar-refractivity contribution in [1.82, 2.24) is 25.0 Å². The smallest absolute Gasteiger partial charge is 0.420 e. The first-order valence-electron chi connectivity index (χ1n) is 11.5. The van der Waals surface area contributed by atoms with Gasteiger partial charge in [0.25, 0.3) is 11.5 Å². The number of pyridine rings is 2. The molecule has 1 aromatic carbocycles. The number of nitrogens with zero attached hydrogens (tertiary/aromatic N) is 4. The predicted octanol–water partition coefficient (Wildman–Crippen LogP) is 4.46. The number of phenolic OH excluding ortho intramolecular Hbond substituents is 1. The average Bonchev–Trinajstić information content (AvgIpc) is 3.40. The first-order chi connectivity index (χ1) is 18.7. The summed E-state index contributed by atoms with van der Waals surface area (Å²) in [5.74, 6) is 1.02. The first-order valence-corrected chi connectivity index (χ1v) is 15.4. The van der Waals surface area contributed by atoms with Crippen LogP contribution >= 0.6 is 11.6 Å². The molecule has 0 aliphatic rings. The quantitative estimate of drug-likeness (QED) is 0.203. The van der Waals surface area contributed by atoms with Gasteiger partial charge in [0.1, 0.15) is 25.1 Å². The SMILES string of the molecule is C[Si](C)(C)C#Cc1c[nH]c(=O)c(N)c1-c1cc(Cl)c(C(=O)Nc2cnc(-n3nccn3)c(C(F)(F)F)c2)cc1O. The van der Waals surface area contributed by atoms with Crippen molar-refractivity contribution in [2.24, 2.45) is 0 Å². The second-order valence-corrected chi connectivity index (χ2v) is 14.7. The van der Waals surface area contributed by atoms with Gasteiger partial charge in [-0.1, -0.05) is 37.2 Å². The molecule has 0 unspecified atom stereocenters. The Bertz CT molecular complexity index is 1740. The molecule has 0 saturated heterocycles. The molecule has 5 N–H and O–H groups in total. The molecule has 0 bridgehead atoms. The highest BCUT2D eigenvalue weighted by Gasteiger charge is 2.36. The lowest BCUT2D eigenvalue weighted by molar-refractivity contribution is -0.137. The maximum absolute atomic E-state index is 13.7. The summed E-state index contributed by atoms with van der Waals surface area (Å²) in [6.07, 6.45) is -0.0949. The molecule has 3 aromatic heterocycles. The fraction of sp³-hybridized carbons (Fsp3) is 0.160. The van der Waals surface area contributed by atoms with Crippen molar-refractivity contribution < 1.29 is 23.1 Å². The number of aromatic amines is 1. The maximum atomic E-state index is 13.7. The molecule has 0 saturated carbocycles. The second-order valence-electron chi connectivity index (χ2n) is 9.53. The van der Waals surface area contributed by atoms with E-state index in [0.29, 0.717) is 16.4 Å². The van der Waals surface area contributed by atoms with Crippen LogP contribution in [0.1, 0.15) is 21.5 Å². The number of hydrogen-bond donors (Lipinski definition) is 4. The lowest BCUT2D eigenvalue weighted by Crippen LogP contribution is -2.18. The molecule has 206 valence electrons. The van der Waals surface area contributed by atoms with Crippen molar-refractivity contribution in [1.29, 1.82) is 0 Å². The zero-order valence-electron chi connectivity index (χ0n) is 21.2. The predicted molar refractivity (Wildman–Crippen MR) is 146 cm³/mol. The van der Waals surface area contributed by atoms with Gasteiger partial charge in [-0.25, -0.2) is 4.98 Å². The molecule has 4 rings (SSSR count). The maximum Gasteiger partial charge on any atom is 0.420 e. The van der Waals surface area contributed by atoms with Gasteiger partial charge in [0, 0.05) is 17.3 Å². The number of carbonyl (C=O) groups is 1. The molecule has 3 heterocycles. The Hall–Kier alpha value is -4.61. The van der Waals surface area contributed by atoms with Crippen molar-refractivity contribution >= 4 is 37.0 Å². The number of nitrogens with one attached hydrogen (secondary N) is 2. The number of nitrogens with two attached hydrogens (primary N) is 1. The van der Waals surface area contributed by atoms with Crippen LogP contribution in [-0.4, -0.2) is 44.0 Å². The fourth-order valence-electron chi connectivity index (χ4n) is 3.54. The number of aromatic hydroxyl groups is 1. The molecule has 0 aliphatic heterocycles. The van der Waals surface area contributed by atoms with E-state index in [1.807, 2.05) is 19.6 Å². The van der Waals surface area contributed by atoms with Gasteiger partial charge in [-0.15, -0.1) is 10.3 Å². The summed E-state index contributed by atoms with van der Waals surface area (Å²) in [6.45, 7) is 6.06. The van der Waals surface area contributed by atoms with E-state index in [4.69, 9.17) is 17.3 Å². The van der Waals surface area contributed by atoms with Gasteiger partial charge in [-0.3, -0.25) is 9.59 Å². The third-order valence-electron chi connectivity index (χ3n) is 5.34. The Kier molecular flexibility index (Phi) is 7.46. The van der Waals surface area contributed by atoms with Crippen molar-refractivity contribution in [3.05, 3.63) is 75.1 Å². The number of benzene rings is 1. The Labute approximate surface area is 231 Å². The third kappa shape index (κ3) is 6.00. The van der Waals surface area contributed by atoms with Crippen molar-refractivity contribution in [3.63, 3.8) is 0 Å². The van der Waals surface area contributed by atoms with Gasteiger partial charge in [0.05, 0.1) is 40.4 Å². The highest BCUT2D eigenvalue weighted by atomic mass is 35.5. The second kappa shape index (κ2) is 10.5. The highest BCUT2D eigenvalue weighted by molar-refractivity contribution is 6.83. The van der Waals surface area contributed by atoms with Gasteiger partial charge >= 0.3 is 6.18 Å². The molecular formula is C25H21ClF3N7O3Si. The zero-order chi connectivity index (χ0) is 29.4. The van der Waals surface area contributed by atoms with E-state index >= 15 is 0 Å². The van der Waals surface area contributed by atoms with Crippen LogP contribution in [0.25, 0.3) is 16.9 Å². The molecule has 0 atom stereocenters. The fourth-order valence-corrected chi connectivity index (χ4v) is 4.30. The van der Waals surface area contributed by atoms with Crippen molar-refractivity contribution in [3.8, 4) is 34.2 Å². The summed E-state index contributed by atoms with van der Waals surface area (Å²) in [7, 11) is -1.83. The Morgan fingerprint density at radius 1 is 1.20 bits per heavy atom. The highest BCUT2D eigenvalue weighted by Crippen LogP contribution is 2.38. The summed E-state index contributed by atoms with van der Waals surface area (Å²) in [4.78, 5) is 32.2. The molecule has 0 aliphatic carbocycles. The monoisotopic (exact) mass is 587 g/mol. The summed E-state index contributed by atoms with van der Waals surface area (Å²) >= 11 is 6.36. The number of H-pyrrole nitrogens is 1. The number of alkyl halides is 3. The Balaban J connectivity index is 1.72. The molecule has 0 spiro atoms. The van der Waals surface area contributed by atoms with E-state index < -0.39 is 42.8 Å². The number of hydrogen-bond acceptors (Lipinski definition) is 7. The van der Waals surface area contributed by atoms with Crippen LogP contribution < -0.4 is 16.6 Å². The first kappa shape index (κ1) is 28.4. The summed E-state index contributed by atoms with van der Waals surface area (Å²) in [5.41, 5.74) is 7.10. The van der Waals surface area contributed by atoms with Crippen molar-refractivity contribution in [2.45, 2.75) is 25.8 Å². The van der Waals surface area contributed by atoms with Crippen LogP contribution in [0, 0.1) is 11.5 Å².